The molecule has 1 rings (SSSR count). The maximum Gasteiger partial charge on any atom is 0.325 e. The van der Waals surface area contributed by atoms with E-state index in [1.165, 1.54) is 4.68 Å². The van der Waals surface area contributed by atoms with Crippen molar-refractivity contribution in [3.8, 4) is 0 Å². The Kier molecular flexibility index (Phi) is 6.10. The van der Waals surface area contributed by atoms with Crippen molar-refractivity contribution < 1.29 is 14.3 Å². The van der Waals surface area contributed by atoms with Crippen LogP contribution in [0.5, 0.6) is 0 Å². The number of anilines is 1. The predicted molar refractivity (Wildman–Crippen MR) is 78.7 cm³/mol. The number of thiocarbonyl (C=S) groups is 1. The third kappa shape index (κ3) is 4.61. The number of Topliss-reactive ketones (excluding diaryl/α,β-unsaturated/α-hetero) is 1. The highest BCUT2D eigenvalue weighted by atomic mass is 32.1. The van der Waals surface area contributed by atoms with Crippen LogP contribution in [-0.4, -0.2) is 39.8 Å². The average molecular weight is 298 g/mol. The Labute approximate surface area is 122 Å². The van der Waals surface area contributed by atoms with Gasteiger partial charge in [-0.25, -0.2) is 0 Å². The zero-order valence-corrected chi connectivity index (χ0v) is 12.5. The van der Waals surface area contributed by atoms with Crippen LogP contribution in [0.15, 0.2) is 6.20 Å². The summed E-state index contributed by atoms with van der Waals surface area (Å²) in [6.07, 6.45) is 2.01. The summed E-state index contributed by atoms with van der Waals surface area (Å²) in [7, 11) is 1.71. The molecule has 0 saturated carbocycles. The van der Waals surface area contributed by atoms with Crippen LogP contribution < -0.4 is 10.6 Å². The van der Waals surface area contributed by atoms with Crippen LogP contribution in [0, 0.1) is 0 Å². The molecule has 0 saturated heterocycles. The van der Waals surface area contributed by atoms with Crippen LogP contribution in [0.1, 0.15) is 30.6 Å². The Morgan fingerprint density at radius 3 is 2.75 bits per heavy atom. The van der Waals surface area contributed by atoms with E-state index in [1.54, 1.807) is 27.1 Å². The molecular weight excluding hydrogens is 280 g/mol. The summed E-state index contributed by atoms with van der Waals surface area (Å²) in [6.45, 7) is 3.78. The van der Waals surface area contributed by atoms with Crippen molar-refractivity contribution in [1.82, 2.24) is 15.1 Å². The molecule has 110 valence electrons. The normalized spacial score (nSPS) is 9.95. The monoisotopic (exact) mass is 298 g/mol. The number of nitrogens with one attached hydrogen (secondary N) is 2. The number of nitrogens with zero attached hydrogens (tertiary/aromatic N) is 2. The number of carbonyl (C=O) groups excluding carboxylic acids is 2. The smallest absolute Gasteiger partial charge is 0.325 e. The topological polar surface area (TPSA) is 85.2 Å². The van der Waals surface area contributed by atoms with Crippen molar-refractivity contribution >= 4 is 34.9 Å². The van der Waals surface area contributed by atoms with Gasteiger partial charge in [-0.1, -0.05) is 6.92 Å². The van der Waals surface area contributed by atoms with Crippen LogP contribution in [-0.2, 0) is 16.6 Å². The fourth-order valence-corrected chi connectivity index (χ4v) is 1.66. The molecule has 0 aliphatic rings. The third-order valence-electron chi connectivity index (χ3n) is 2.38. The van der Waals surface area contributed by atoms with Crippen LogP contribution in [0.25, 0.3) is 0 Å². The molecule has 8 heteroatoms. The molecule has 1 heterocycles. The summed E-state index contributed by atoms with van der Waals surface area (Å²) in [5.74, 6) is -0.0583. The molecule has 0 fully saturated rings. The van der Waals surface area contributed by atoms with E-state index >= 15 is 0 Å². The average Bonchev–Trinajstić information content (AvgIpc) is 2.76. The molecule has 2 N–H and O–H groups in total. The molecule has 0 spiro atoms. The second-order valence-corrected chi connectivity index (χ2v) is 4.36. The zero-order valence-electron chi connectivity index (χ0n) is 11.7. The molecule has 20 heavy (non-hydrogen) atoms. The Bertz CT molecular complexity index is 513. The van der Waals surface area contributed by atoms with Gasteiger partial charge in [-0.3, -0.25) is 14.3 Å². The van der Waals surface area contributed by atoms with Crippen LogP contribution >= 0.6 is 12.2 Å². The summed E-state index contributed by atoms with van der Waals surface area (Å²) < 4.78 is 6.29. The summed E-state index contributed by atoms with van der Waals surface area (Å²) in [6, 6.07) is 0. The van der Waals surface area contributed by atoms with E-state index in [9.17, 15) is 9.59 Å². The first-order valence-electron chi connectivity index (χ1n) is 6.25. The molecule has 0 atom stereocenters. The lowest BCUT2D eigenvalue weighted by atomic mass is 10.2. The summed E-state index contributed by atoms with van der Waals surface area (Å²) in [5, 5.41) is 9.83. The SMILES string of the molecule is CCOC(=O)CNC(=S)Nc1nn(C)cc1C(=O)CC. The minimum Gasteiger partial charge on any atom is -0.465 e. The van der Waals surface area contributed by atoms with Crippen molar-refractivity contribution in [2.75, 3.05) is 18.5 Å². The number of hydrogen-bond donors (Lipinski definition) is 2. The number of hydrogen-bond acceptors (Lipinski definition) is 5. The molecule has 7 nitrogen and oxygen atoms in total. The van der Waals surface area contributed by atoms with Gasteiger partial charge in [0.2, 0.25) is 0 Å². The van der Waals surface area contributed by atoms with Gasteiger partial charge in [0.15, 0.2) is 16.7 Å². The molecule has 0 aromatic carbocycles. The summed E-state index contributed by atoms with van der Waals surface area (Å²) in [5.41, 5.74) is 0.468. The fourth-order valence-electron chi connectivity index (χ4n) is 1.49. The summed E-state index contributed by atoms with van der Waals surface area (Å²) >= 11 is 5.04. The van der Waals surface area contributed by atoms with Crippen molar-refractivity contribution in [3.63, 3.8) is 0 Å². The number of carbonyl (C=O) groups is 2. The first kappa shape index (κ1) is 16.1. The number of ether oxygens (including phenoxy) is 1. The van der Waals surface area contributed by atoms with Gasteiger partial charge in [0, 0.05) is 19.7 Å². The van der Waals surface area contributed by atoms with Gasteiger partial charge in [-0.05, 0) is 19.1 Å². The van der Waals surface area contributed by atoms with Gasteiger partial charge in [-0.15, -0.1) is 0 Å². The zero-order chi connectivity index (χ0) is 15.1. The maximum absolute atomic E-state index is 11.7. The highest BCUT2D eigenvalue weighted by Crippen LogP contribution is 2.14. The van der Waals surface area contributed by atoms with E-state index in [0.29, 0.717) is 24.4 Å². The molecule has 1 aromatic heterocycles. The number of aryl methyl sites for hydroxylation is 1. The highest BCUT2D eigenvalue weighted by molar-refractivity contribution is 7.80. The Hall–Kier alpha value is -1.96. The van der Waals surface area contributed by atoms with E-state index in [-0.39, 0.29) is 17.4 Å². The van der Waals surface area contributed by atoms with E-state index < -0.39 is 5.97 Å². The van der Waals surface area contributed by atoms with Gasteiger partial charge in [0.25, 0.3) is 0 Å². The van der Waals surface area contributed by atoms with Gasteiger partial charge < -0.3 is 15.4 Å². The minimum atomic E-state index is -0.400. The molecule has 1 aromatic rings. The molecule has 0 amide bonds. The van der Waals surface area contributed by atoms with Crippen LogP contribution in [0.2, 0.25) is 0 Å². The molecule has 0 radical (unpaired) electrons. The van der Waals surface area contributed by atoms with Gasteiger partial charge in [0.05, 0.1) is 12.2 Å². The summed E-state index contributed by atoms with van der Waals surface area (Å²) in [4.78, 5) is 22.9. The fraction of sp³-hybridized carbons (Fsp3) is 0.500. The number of aromatic nitrogens is 2. The lowest BCUT2D eigenvalue weighted by Gasteiger charge is -2.09. The Balaban J connectivity index is 2.62. The lowest BCUT2D eigenvalue weighted by molar-refractivity contribution is -0.141. The van der Waals surface area contributed by atoms with Crippen LogP contribution in [0.4, 0.5) is 5.82 Å². The Morgan fingerprint density at radius 2 is 2.15 bits per heavy atom. The van der Waals surface area contributed by atoms with Gasteiger partial charge in [0.1, 0.15) is 6.54 Å². The molecule has 0 bridgehead atoms. The van der Waals surface area contributed by atoms with E-state index in [4.69, 9.17) is 17.0 Å². The number of ketones is 1. The molecular formula is C12H18N4O3S. The van der Waals surface area contributed by atoms with Crippen molar-refractivity contribution in [2.24, 2.45) is 7.05 Å². The molecule has 0 unspecified atom stereocenters. The predicted octanol–water partition coefficient (Wildman–Crippen LogP) is 0.862. The Morgan fingerprint density at radius 1 is 1.45 bits per heavy atom. The van der Waals surface area contributed by atoms with E-state index in [0.717, 1.165) is 0 Å². The minimum absolute atomic E-state index is 0.0335. The highest BCUT2D eigenvalue weighted by Gasteiger charge is 2.15. The quantitative estimate of drug-likeness (QED) is 0.458. The van der Waals surface area contributed by atoms with Crippen LogP contribution in [0.3, 0.4) is 0 Å². The van der Waals surface area contributed by atoms with Gasteiger partial charge in [-0.2, -0.15) is 5.10 Å². The number of esters is 1. The van der Waals surface area contributed by atoms with E-state index in [2.05, 4.69) is 15.7 Å². The lowest BCUT2D eigenvalue weighted by Crippen LogP contribution is -2.34. The second-order valence-electron chi connectivity index (χ2n) is 3.95. The number of rotatable bonds is 6. The van der Waals surface area contributed by atoms with Crippen molar-refractivity contribution in [2.45, 2.75) is 20.3 Å². The largest absolute Gasteiger partial charge is 0.465 e. The first-order chi connectivity index (χ1) is 9.47. The van der Waals surface area contributed by atoms with Gasteiger partial charge >= 0.3 is 5.97 Å². The van der Waals surface area contributed by atoms with E-state index in [1.807, 2.05) is 0 Å². The molecule has 0 aliphatic heterocycles. The van der Waals surface area contributed by atoms with Crippen molar-refractivity contribution in [1.29, 1.82) is 0 Å². The third-order valence-corrected chi connectivity index (χ3v) is 2.63. The molecule has 0 aliphatic carbocycles. The maximum atomic E-state index is 11.7. The van der Waals surface area contributed by atoms with Crippen molar-refractivity contribution in [3.05, 3.63) is 11.8 Å². The second kappa shape index (κ2) is 7.59. The standard InChI is InChI=1S/C12H18N4O3S/c1-4-9(17)8-7-16(3)15-11(8)14-12(20)13-6-10(18)19-5-2/h7H,4-6H2,1-3H3,(H2,13,14,15,20). The first-order valence-corrected chi connectivity index (χ1v) is 6.66.